The minimum absolute atomic E-state index is 0.152. The predicted octanol–water partition coefficient (Wildman–Crippen LogP) is 2.20. The summed E-state index contributed by atoms with van der Waals surface area (Å²) in [5, 5.41) is 2.86. The highest BCUT2D eigenvalue weighted by molar-refractivity contribution is 7.89. The van der Waals surface area contributed by atoms with Crippen molar-refractivity contribution in [1.29, 1.82) is 0 Å². The Morgan fingerprint density at radius 2 is 1.60 bits per heavy atom. The average Bonchev–Trinajstić information content (AvgIpc) is 3.44. The second-order valence-corrected chi connectivity index (χ2v) is 8.17. The zero-order chi connectivity index (χ0) is 17.7. The molecule has 1 saturated carbocycles. The van der Waals surface area contributed by atoms with E-state index in [1.807, 2.05) is 30.3 Å². The smallest absolute Gasteiger partial charge is 0.243 e. The largest absolute Gasteiger partial charge is 0.352 e. The van der Waals surface area contributed by atoms with Gasteiger partial charge in [-0.2, -0.15) is 4.31 Å². The summed E-state index contributed by atoms with van der Waals surface area (Å²) in [5.74, 6) is -0.241. The van der Waals surface area contributed by atoms with Crippen molar-refractivity contribution in [3.63, 3.8) is 0 Å². The molecule has 0 radical (unpaired) electrons. The SMILES string of the molecule is O=C(CN(CCc1ccccc1)S(=O)(=O)c1ccccc1)NC1CC1. The number of rotatable bonds is 8. The maximum atomic E-state index is 12.9. The minimum Gasteiger partial charge on any atom is -0.352 e. The quantitative estimate of drug-likeness (QED) is 0.787. The van der Waals surface area contributed by atoms with Gasteiger partial charge in [0.2, 0.25) is 15.9 Å². The Morgan fingerprint density at radius 1 is 1.00 bits per heavy atom. The van der Waals surface area contributed by atoms with Gasteiger partial charge in [0.05, 0.1) is 11.4 Å². The van der Waals surface area contributed by atoms with Gasteiger partial charge in [-0.1, -0.05) is 48.5 Å². The van der Waals surface area contributed by atoms with Gasteiger partial charge in [-0.05, 0) is 37.0 Å². The summed E-state index contributed by atoms with van der Waals surface area (Å²) >= 11 is 0. The summed E-state index contributed by atoms with van der Waals surface area (Å²) in [7, 11) is -3.71. The van der Waals surface area contributed by atoms with E-state index in [4.69, 9.17) is 0 Å². The molecule has 0 atom stereocenters. The van der Waals surface area contributed by atoms with Crippen LogP contribution >= 0.6 is 0 Å². The molecule has 0 unspecified atom stereocenters. The molecule has 25 heavy (non-hydrogen) atoms. The number of carbonyl (C=O) groups excluding carboxylic acids is 1. The van der Waals surface area contributed by atoms with Crippen LogP contribution in [0.4, 0.5) is 0 Å². The summed E-state index contributed by atoms with van der Waals surface area (Å²) in [6.45, 7) is 0.111. The van der Waals surface area contributed by atoms with Gasteiger partial charge >= 0.3 is 0 Å². The van der Waals surface area contributed by atoms with Crippen LogP contribution in [0, 0.1) is 0 Å². The van der Waals surface area contributed by atoms with E-state index in [-0.39, 0.29) is 29.9 Å². The lowest BCUT2D eigenvalue weighted by atomic mass is 10.1. The van der Waals surface area contributed by atoms with Crippen molar-refractivity contribution in [2.75, 3.05) is 13.1 Å². The molecule has 0 aromatic heterocycles. The van der Waals surface area contributed by atoms with Crippen LogP contribution < -0.4 is 5.32 Å². The number of benzene rings is 2. The molecule has 1 aliphatic carbocycles. The molecule has 2 aromatic rings. The first-order chi connectivity index (χ1) is 12.1. The summed E-state index contributed by atoms with van der Waals surface area (Å²) in [5.41, 5.74) is 1.04. The molecule has 0 saturated heterocycles. The molecular weight excluding hydrogens is 336 g/mol. The Kier molecular flexibility index (Phi) is 5.50. The number of carbonyl (C=O) groups is 1. The highest BCUT2D eigenvalue weighted by Gasteiger charge is 2.29. The fraction of sp³-hybridized carbons (Fsp3) is 0.316. The van der Waals surface area contributed by atoms with Crippen LogP contribution in [0.2, 0.25) is 0 Å². The standard InChI is InChI=1S/C19H22N2O3S/c22-19(20-17-11-12-17)15-21(14-13-16-7-3-1-4-8-16)25(23,24)18-9-5-2-6-10-18/h1-10,17H,11-15H2,(H,20,22). The van der Waals surface area contributed by atoms with Crippen molar-refractivity contribution >= 4 is 15.9 Å². The van der Waals surface area contributed by atoms with E-state index in [0.29, 0.717) is 6.42 Å². The molecule has 1 fully saturated rings. The number of nitrogens with zero attached hydrogens (tertiary/aromatic N) is 1. The summed E-state index contributed by atoms with van der Waals surface area (Å²) in [6, 6.07) is 18.2. The highest BCUT2D eigenvalue weighted by atomic mass is 32.2. The van der Waals surface area contributed by atoms with E-state index < -0.39 is 10.0 Å². The van der Waals surface area contributed by atoms with E-state index in [9.17, 15) is 13.2 Å². The zero-order valence-electron chi connectivity index (χ0n) is 14.0. The van der Waals surface area contributed by atoms with Crippen LogP contribution in [-0.4, -0.2) is 37.8 Å². The van der Waals surface area contributed by atoms with Crippen LogP contribution in [-0.2, 0) is 21.2 Å². The fourth-order valence-corrected chi connectivity index (χ4v) is 4.00. The lowest BCUT2D eigenvalue weighted by molar-refractivity contribution is -0.121. The summed E-state index contributed by atoms with van der Waals surface area (Å²) < 4.78 is 27.1. The maximum Gasteiger partial charge on any atom is 0.243 e. The van der Waals surface area contributed by atoms with Gasteiger partial charge in [0.15, 0.2) is 0 Å². The van der Waals surface area contributed by atoms with Gasteiger partial charge in [-0.25, -0.2) is 8.42 Å². The topological polar surface area (TPSA) is 66.5 Å². The lowest BCUT2D eigenvalue weighted by Gasteiger charge is -2.22. The Balaban J connectivity index is 1.76. The highest BCUT2D eigenvalue weighted by Crippen LogP contribution is 2.19. The first kappa shape index (κ1) is 17.6. The van der Waals surface area contributed by atoms with Gasteiger partial charge < -0.3 is 5.32 Å². The summed E-state index contributed by atoms with van der Waals surface area (Å²) in [4.78, 5) is 12.4. The molecule has 0 aliphatic heterocycles. The van der Waals surface area contributed by atoms with Crippen LogP contribution in [0.3, 0.4) is 0 Å². The molecule has 6 heteroatoms. The molecule has 0 heterocycles. The van der Waals surface area contributed by atoms with Crippen molar-refractivity contribution in [2.24, 2.45) is 0 Å². The van der Waals surface area contributed by atoms with E-state index in [1.165, 1.54) is 4.31 Å². The molecule has 1 amide bonds. The lowest BCUT2D eigenvalue weighted by Crippen LogP contribution is -2.42. The molecule has 1 aliphatic rings. The van der Waals surface area contributed by atoms with Gasteiger partial charge in [-0.3, -0.25) is 4.79 Å². The van der Waals surface area contributed by atoms with Crippen LogP contribution in [0.1, 0.15) is 18.4 Å². The molecule has 2 aromatic carbocycles. The maximum absolute atomic E-state index is 12.9. The number of hydrogen-bond donors (Lipinski definition) is 1. The van der Waals surface area contributed by atoms with E-state index >= 15 is 0 Å². The van der Waals surface area contributed by atoms with Gasteiger partial charge in [-0.15, -0.1) is 0 Å². The van der Waals surface area contributed by atoms with E-state index in [1.54, 1.807) is 30.3 Å². The van der Waals surface area contributed by atoms with E-state index in [0.717, 1.165) is 18.4 Å². The van der Waals surface area contributed by atoms with Crippen LogP contribution in [0.15, 0.2) is 65.6 Å². The Morgan fingerprint density at radius 3 is 2.20 bits per heavy atom. The minimum atomic E-state index is -3.71. The predicted molar refractivity (Wildman–Crippen MR) is 96.5 cm³/mol. The van der Waals surface area contributed by atoms with Crippen molar-refractivity contribution in [3.8, 4) is 0 Å². The normalized spacial score (nSPS) is 14.4. The molecule has 5 nitrogen and oxygen atoms in total. The second kappa shape index (κ2) is 7.80. The first-order valence-electron chi connectivity index (χ1n) is 8.44. The third-order valence-corrected chi connectivity index (χ3v) is 6.00. The van der Waals surface area contributed by atoms with Crippen LogP contribution in [0.25, 0.3) is 0 Å². The van der Waals surface area contributed by atoms with Gasteiger partial charge in [0.25, 0.3) is 0 Å². The Labute approximate surface area is 148 Å². The fourth-order valence-electron chi connectivity index (χ4n) is 2.59. The molecule has 1 N–H and O–H groups in total. The van der Waals surface area contributed by atoms with Gasteiger partial charge in [0, 0.05) is 12.6 Å². The van der Waals surface area contributed by atoms with E-state index in [2.05, 4.69) is 5.32 Å². The van der Waals surface area contributed by atoms with Crippen molar-refractivity contribution in [2.45, 2.75) is 30.2 Å². The summed E-state index contributed by atoms with van der Waals surface area (Å²) in [6.07, 6.45) is 2.51. The number of sulfonamides is 1. The van der Waals surface area contributed by atoms with Crippen LogP contribution in [0.5, 0.6) is 0 Å². The number of amides is 1. The molecule has 132 valence electrons. The third-order valence-electron chi connectivity index (χ3n) is 4.14. The molecule has 3 rings (SSSR count). The average molecular weight is 358 g/mol. The molecule has 0 spiro atoms. The van der Waals surface area contributed by atoms with Gasteiger partial charge in [0.1, 0.15) is 0 Å². The van der Waals surface area contributed by atoms with Crippen molar-refractivity contribution in [1.82, 2.24) is 9.62 Å². The first-order valence-corrected chi connectivity index (χ1v) is 9.88. The zero-order valence-corrected chi connectivity index (χ0v) is 14.8. The molecular formula is C19H22N2O3S. The third kappa shape index (κ3) is 4.90. The monoisotopic (exact) mass is 358 g/mol. The number of hydrogen-bond acceptors (Lipinski definition) is 3. The Bertz CT molecular complexity index is 803. The number of nitrogens with one attached hydrogen (secondary N) is 1. The second-order valence-electron chi connectivity index (χ2n) is 6.23. The van der Waals surface area contributed by atoms with Crippen molar-refractivity contribution < 1.29 is 13.2 Å². The van der Waals surface area contributed by atoms with Crippen molar-refractivity contribution in [3.05, 3.63) is 66.2 Å². The molecule has 0 bridgehead atoms. The Hall–Kier alpha value is -2.18.